The number of para-hydroxylation sites is 1. The predicted molar refractivity (Wildman–Crippen MR) is 109 cm³/mol. The van der Waals surface area contributed by atoms with Crippen molar-refractivity contribution in [3.8, 4) is 0 Å². The summed E-state index contributed by atoms with van der Waals surface area (Å²) in [5, 5.41) is 21.4. The molecular formula is C17H19BrN2O6S2. The van der Waals surface area contributed by atoms with Crippen molar-refractivity contribution in [2.45, 2.75) is 28.9 Å². The quantitative estimate of drug-likeness (QED) is 0.314. The molecule has 2 rings (SSSR count). The van der Waals surface area contributed by atoms with Crippen LogP contribution in [0.1, 0.15) is 5.56 Å². The van der Waals surface area contributed by atoms with E-state index in [1.54, 1.807) is 24.3 Å². The highest BCUT2D eigenvalue weighted by Gasteiger charge is 2.31. The summed E-state index contributed by atoms with van der Waals surface area (Å²) in [5.74, 6) is -0.199. The van der Waals surface area contributed by atoms with E-state index in [0.717, 1.165) is 17.7 Å². The van der Waals surface area contributed by atoms with Gasteiger partial charge in [0.2, 0.25) is 10.0 Å². The number of aliphatic hydroxyl groups excluding tert-OH is 1. The third-order valence-corrected chi connectivity index (χ3v) is 7.56. The molecule has 0 saturated heterocycles. The summed E-state index contributed by atoms with van der Waals surface area (Å²) in [6.45, 7) is 1.88. The molecule has 0 aromatic heterocycles. The Morgan fingerprint density at radius 1 is 1.21 bits per heavy atom. The van der Waals surface area contributed by atoms with Gasteiger partial charge in [-0.15, -0.1) is 0 Å². The summed E-state index contributed by atoms with van der Waals surface area (Å²) in [5.41, 5.74) is 0.400. The molecule has 0 fully saturated rings. The number of alkyl halides is 1. The molecule has 2 aromatic rings. The van der Waals surface area contributed by atoms with Gasteiger partial charge in [-0.3, -0.25) is 14.3 Å². The minimum absolute atomic E-state index is 0.0299. The minimum Gasteiger partial charge on any atom is -0.391 e. The third-order valence-electron chi connectivity index (χ3n) is 3.90. The van der Waals surface area contributed by atoms with Crippen molar-refractivity contribution in [2.24, 2.45) is 0 Å². The van der Waals surface area contributed by atoms with Gasteiger partial charge in [-0.25, -0.2) is 13.1 Å². The van der Waals surface area contributed by atoms with Gasteiger partial charge in [-0.2, -0.15) is 0 Å². The standard InChI is InChI=1S/C17H19BrN2O6S2/c1-12-6-8-13(9-7-12)27(24)11-14(16(21)10-18)19-28(25,26)17-5-3-2-4-15(17)20(22)23/h2-9,14,16,19,21H,10-11H2,1H3/t14-,16-,27-/m0/s1. The molecule has 0 heterocycles. The maximum Gasteiger partial charge on any atom is 0.289 e. The van der Waals surface area contributed by atoms with Gasteiger partial charge < -0.3 is 5.11 Å². The highest BCUT2D eigenvalue weighted by molar-refractivity contribution is 9.09. The minimum atomic E-state index is -4.33. The van der Waals surface area contributed by atoms with Gasteiger partial charge in [0, 0.05) is 22.0 Å². The molecule has 0 aliphatic carbocycles. The fourth-order valence-corrected chi connectivity index (χ4v) is 5.64. The van der Waals surface area contributed by atoms with Crippen molar-refractivity contribution in [1.29, 1.82) is 0 Å². The first-order chi connectivity index (χ1) is 13.2. The number of aliphatic hydroxyl groups is 1. The Morgan fingerprint density at radius 3 is 2.39 bits per heavy atom. The average Bonchev–Trinajstić information content (AvgIpc) is 2.67. The van der Waals surface area contributed by atoms with Crippen molar-refractivity contribution in [3.05, 3.63) is 64.2 Å². The number of rotatable bonds is 9. The highest BCUT2D eigenvalue weighted by Crippen LogP contribution is 2.23. The topological polar surface area (TPSA) is 127 Å². The molecule has 152 valence electrons. The van der Waals surface area contributed by atoms with Crippen LogP contribution in [0.5, 0.6) is 0 Å². The molecule has 0 amide bonds. The smallest absolute Gasteiger partial charge is 0.289 e. The van der Waals surface area contributed by atoms with Crippen LogP contribution in [0.4, 0.5) is 5.69 Å². The van der Waals surface area contributed by atoms with E-state index in [4.69, 9.17) is 0 Å². The number of hydrogen-bond donors (Lipinski definition) is 2. The van der Waals surface area contributed by atoms with Gasteiger partial charge in [0.1, 0.15) is 0 Å². The number of halogens is 1. The lowest BCUT2D eigenvalue weighted by atomic mass is 10.2. The van der Waals surface area contributed by atoms with Crippen LogP contribution in [-0.4, -0.2) is 45.9 Å². The summed E-state index contributed by atoms with van der Waals surface area (Å²) < 4.78 is 40.3. The number of nitro groups is 1. The fourth-order valence-electron chi connectivity index (χ4n) is 2.38. The van der Waals surface area contributed by atoms with Gasteiger partial charge in [-0.05, 0) is 25.1 Å². The Labute approximate surface area is 173 Å². The fraction of sp³-hybridized carbons (Fsp3) is 0.294. The van der Waals surface area contributed by atoms with Crippen LogP contribution in [0.2, 0.25) is 0 Å². The van der Waals surface area contributed by atoms with Crippen LogP contribution < -0.4 is 4.72 Å². The maximum absolute atomic E-state index is 12.7. The molecule has 0 aliphatic rings. The monoisotopic (exact) mass is 490 g/mol. The SMILES string of the molecule is Cc1ccc([S@@](=O)C[C@H](NS(=O)(=O)c2ccccc2[N+](=O)[O-])[C@@H](O)CBr)cc1. The zero-order valence-electron chi connectivity index (χ0n) is 14.8. The molecule has 0 saturated carbocycles. The summed E-state index contributed by atoms with van der Waals surface area (Å²) in [7, 11) is -5.92. The highest BCUT2D eigenvalue weighted by atomic mass is 79.9. The van der Waals surface area contributed by atoms with Crippen LogP contribution in [0.3, 0.4) is 0 Å². The van der Waals surface area contributed by atoms with E-state index in [9.17, 15) is 27.8 Å². The number of nitrogens with zero attached hydrogens (tertiary/aromatic N) is 1. The number of benzene rings is 2. The molecule has 11 heteroatoms. The first kappa shape index (κ1) is 22.6. The molecule has 0 unspecified atom stereocenters. The Hall–Kier alpha value is -1.66. The van der Waals surface area contributed by atoms with Gasteiger partial charge in [-0.1, -0.05) is 45.8 Å². The second kappa shape index (κ2) is 9.70. The lowest BCUT2D eigenvalue weighted by Crippen LogP contribution is -2.47. The number of nitrogens with one attached hydrogen (secondary N) is 1. The molecular weight excluding hydrogens is 472 g/mol. The summed E-state index contributed by atoms with van der Waals surface area (Å²) >= 11 is 3.08. The summed E-state index contributed by atoms with van der Waals surface area (Å²) in [6, 6.07) is 10.7. The van der Waals surface area contributed by atoms with Crippen LogP contribution >= 0.6 is 15.9 Å². The van der Waals surface area contributed by atoms with E-state index in [2.05, 4.69) is 20.7 Å². The first-order valence-electron chi connectivity index (χ1n) is 8.10. The first-order valence-corrected chi connectivity index (χ1v) is 12.0. The van der Waals surface area contributed by atoms with Crippen LogP contribution in [0.25, 0.3) is 0 Å². The normalized spacial score (nSPS) is 15.0. The van der Waals surface area contributed by atoms with Crippen molar-refractivity contribution in [2.75, 3.05) is 11.1 Å². The van der Waals surface area contributed by atoms with Crippen molar-refractivity contribution >= 4 is 42.4 Å². The Bertz CT molecular complexity index is 966. The van der Waals surface area contributed by atoms with Gasteiger partial charge in [0.25, 0.3) is 5.69 Å². The van der Waals surface area contributed by atoms with Crippen molar-refractivity contribution < 1.29 is 22.7 Å². The number of aryl methyl sites for hydroxylation is 1. The largest absolute Gasteiger partial charge is 0.391 e. The lowest BCUT2D eigenvalue weighted by Gasteiger charge is -2.22. The van der Waals surface area contributed by atoms with E-state index in [1.807, 2.05) is 6.92 Å². The maximum atomic E-state index is 12.7. The Balaban J connectivity index is 2.30. The number of sulfonamides is 1. The lowest BCUT2D eigenvalue weighted by molar-refractivity contribution is -0.387. The van der Waals surface area contributed by atoms with E-state index >= 15 is 0 Å². The molecule has 3 atom stereocenters. The van der Waals surface area contributed by atoms with Crippen LogP contribution in [0, 0.1) is 17.0 Å². The second-order valence-corrected chi connectivity index (χ2v) is 9.83. The zero-order valence-corrected chi connectivity index (χ0v) is 18.0. The van der Waals surface area contributed by atoms with E-state index in [-0.39, 0.29) is 11.1 Å². The predicted octanol–water partition coefficient (Wildman–Crippen LogP) is 2.11. The number of hydrogen-bond acceptors (Lipinski definition) is 6. The molecule has 0 aliphatic heterocycles. The van der Waals surface area contributed by atoms with Gasteiger partial charge in [0.05, 0.1) is 27.9 Å². The molecule has 8 nitrogen and oxygen atoms in total. The number of nitro benzene ring substituents is 1. The van der Waals surface area contributed by atoms with Gasteiger partial charge >= 0.3 is 0 Å². The van der Waals surface area contributed by atoms with Gasteiger partial charge in [0.15, 0.2) is 4.90 Å². The molecule has 2 aromatic carbocycles. The van der Waals surface area contributed by atoms with E-state index in [0.29, 0.717) is 4.90 Å². The van der Waals surface area contributed by atoms with E-state index < -0.39 is 48.5 Å². The average molecular weight is 491 g/mol. The van der Waals surface area contributed by atoms with E-state index in [1.165, 1.54) is 12.1 Å². The zero-order chi connectivity index (χ0) is 20.9. The van der Waals surface area contributed by atoms with Crippen LogP contribution in [0.15, 0.2) is 58.3 Å². The molecule has 2 N–H and O–H groups in total. The molecule has 28 heavy (non-hydrogen) atoms. The second-order valence-electron chi connectivity index (χ2n) is 6.00. The molecule has 0 spiro atoms. The van der Waals surface area contributed by atoms with Crippen molar-refractivity contribution in [3.63, 3.8) is 0 Å². The summed E-state index contributed by atoms with van der Waals surface area (Å²) in [6.07, 6.45) is -1.19. The molecule has 0 radical (unpaired) electrons. The Morgan fingerprint density at radius 2 is 1.82 bits per heavy atom. The third kappa shape index (κ3) is 5.67. The van der Waals surface area contributed by atoms with Crippen molar-refractivity contribution in [1.82, 2.24) is 4.72 Å². The Kier molecular flexibility index (Phi) is 7.84. The molecule has 0 bridgehead atoms. The summed E-state index contributed by atoms with van der Waals surface area (Å²) in [4.78, 5) is 10.3. The van der Waals surface area contributed by atoms with Crippen LogP contribution in [-0.2, 0) is 20.8 Å².